The lowest BCUT2D eigenvalue weighted by Gasteiger charge is -2.19. The second kappa shape index (κ2) is 9.19. The van der Waals surface area contributed by atoms with Crippen LogP contribution in [0.2, 0.25) is 5.02 Å². The molecule has 0 atom stereocenters. The Hall–Kier alpha value is -0.860. The van der Waals surface area contributed by atoms with Gasteiger partial charge in [-0.15, -0.1) is 35.3 Å². The molecular formula is C18H24ClIN4S. The molecule has 0 unspecified atom stereocenters. The largest absolute Gasteiger partial charge is 0.356 e. The highest BCUT2D eigenvalue weighted by atomic mass is 127. The molecule has 1 heterocycles. The number of aliphatic imine (C=N–C) groups is 1. The van der Waals surface area contributed by atoms with Crippen LogP contribution < -0.4 is 10.6 Å². The van der Waals surface area contributed by atoms with Gasteiger partial charge in [0.05, 0.1) is 17.2 Å². The molecule has 1 fully saturated rings. The Balaban J connectivity index is 0.00000225. The number of hydrogen-bond donors (Lipinski definition) is 2. The van der Waals surface area contributed by atoms with Gasteiger partial charge in [0.2, 0.25) is 0 Å². The molecule has 0 saturated heterocycles. The second-order valence-electron chi connectivity index (χ2n) is 6.16. The number of hydrogen-bond acceptors (Lipinski definition) is 3. The fourth-order valence-corrected chi connectivity index (χ4v) is 3.71. The number of halogens is 2. The average molecular weight is 491 g/mol. The second-order valence-corrected chi connectivity index (χ2v) is 7.54. The lowest BCUT2D eigenvalue weighted by atomic mass is 9.96. The van der Waals surface area contributed by atoms with Crippen molar-refractivity contribution in [2.24, 2.45) is 4.99 Å². The Kier molecular flexibility index (Phi) is 7.51. The van der Waals surface area contributed by atoms with Crippen molar-refractivity contribution in [2.45, 2.75) is 38.1 Å². The van der Waals surface area contributed by atoms with Gasteiger partial charge in [0.15, 0.2) is 5.96 Å². The Morgan fingerprint density at radius 1 is 1.36 bits per heavy atom. The highest BCUT2D eigenvalue weighted by Gasteiger charge is 2.44. The fraction of sp³-hybridized carbons (Fsp3) is 0.444. The zero-order chi connectivity index (χ0) is 17.0. The number of nitrogens with zero attached hydrogens (tertiary/aromatic N) is 2. The van der Waals surface area contributed by atoms with Gasteiger partial charge in [0.1, 0.15) is 0 Å². The summed E-state index contributed by atoms with van der Waals surface area (Å²) in [6.45, 7) is 3.69. The molecular weight excluding hydrogens is 467 g/mol. The predicted molar refractivity (Wildman–Crippen MR) is 117 cm³/mol. The number of aromatic nitrogens is 1. The van der Waals surface area contributed by atoms with E-state index in [0.717, 1.165) is 29.6 Å². The lowest BCUT2D eigenvalue weighted by Crippen LogP contribution is -2.40. The minimum absolute atomic E-state index is 0. The van der Waals surface area contributed by atoms with E-state index < -0.39 is 0 Å². The van der Waals surface area contributed by atoms with Gasteiger partial charge in [-0.25, -0.2) is 4.98 Å². The quantitative estimate of drug-likeness (QED) is 0.359. The molecule has 0 spiro atoms. The van der Waals surface area contributed by atoms with E-state index in [1.165, 1.54) is 23.4 Å². The van der Waals surface area contributed by atoms with Crippen molar-refractivity contribution in [3.05, 3.63) is 50.9 Å². The van der Waals surface area contributed by atoms with Gasteiger partial charge in [0.25, 0.3) is 0 Å². The van der Waals surface area contributed by atoms with Crippen LogP contribution in [0.1, 0.15) is 36.0 Å². The predicted octanol–water partition coefficient (Wildman–Crippen LogP) is 4.37. The maximum Gasteiger partial charge on any atom is 0.191 e. The maximum atomic E-state index is 6.14. The first-order valence-corrected chi connectivity index (χ1v) is 9.55. The first-order chi connectivity index (χ1) is 11.6. The monoisotopic (exact) mass is 490 g/mol. The van der Waals surface area contributed by atoms with Crippen LogP contribution in [0.4, 0.5) is 0 Å². The van der Waals surface area contributed by atoms with Crippen LogP contribution in [0.15, 0.2) is 34.6 Å². The van der Waals surface area contributed by atoms with E-state index in [0.29, 0.717) is 6.54 Å². The standard InChI is InChI=1S/C18H23ClN4S.HI/c1-3-16-23-15(11-24-16)10-21-17(20-2)22-12-18(7-8-18)13-5-4-6-14(19)9-13;/h4-6,9,11H,3,7-8,10,12H2,1-2H3,(H2,20,21,22);1H. The molecule has 0 amide bonds. The Bertz CT molecular complexity index is 727. The molecule has 2 aromatic rings. The average Bonchev–Trinajstić information content (AvgIpc) is 3.25. The van der Waals surface area contributed by atoms with E-state index in [1.54, 1.807) is 18.4 Å². The molecule has 0 bridgehead atoms. The Morgan fingerprint density at radius 2 is 2.16 bits per heavy atom. The van der Waals surface area contributed by atoms with Crippen LogP contribution in [-0.4, -0.2) is 24.5 Å². The summed E-state index contributed by atoms with van der Waals surface area (Å²) in [6, 6.07) is 8.19. The molecule has 1 aromatic heterocycles. The van der Waals surface area contributed by atoms with Crippen molar-refractivity contribution in [1.29, 1.82) is 0 Å². The van der Waals surface area contributed by atoms with E-state index in [2.05, 4.69) is 45.0 Å². The topological polar surface area (TPSA) is 49.3 Å². The summed E-state index contributed by atoms with van der Waals surface area (Å²) >= 11 is 7.85. The van der Waals surface area contributed by atoms with Crippen LogP contribution in [0.5, 0.6) is 0 Å². The third kappa shape index (κ3) is 5.31. The SMILES string of the molecule is CCc1nc(CNC(=NC)NCC2(c3cccc(Cl)c3)CC2)cs1.I. The number of thiazole rings is 1. The smallest absolute Gasteiger partial charge is 0.191 e. The van der Waals surface area contributed by atoms with Gasteiger partial charge in [-0.05, 0) is 37.0 Å². The molecule has 1 aliphatic rings. The summed E-state index contributed by atoms with van der Waals surface area (Å²) in [5.74, 6) is 0.814. The molecule has 4 nitrogen and oxygen atoms in total. The normalized spacial score (nSPS) is 15.4. The highest BCUT2D eigenvalue weighted by Crippen LogP contribution is 2.48. The molecule has 136 valence electrons. The van der Waals surface area contributed by atoms with Gasteiger partial charge in [0, 0.05) is 29.4 Å². The summed E-state index contributed by atoms with van der Waals surface area (Å²) < 4.78 is 0. The van der Waals surface area contributed by atoms with Crippen LogP contribution in [0.25, 0.3) is 0 Å². The number of nitrogens with one attached hydrogen (secondary N) is 2. The molecule has 2 N–H and O–H groups in total. The molecule has 25 heavy (non-hydrogen) atoms. The molecule has 1 saturated carbocycles. The minimum Gasteiger partial charge on any atom is -0.356 e. The fourth-order valence-electron chi connectivity index (χ4n) is 2.78. The molecule has 3 rings (SSSR count). The van der Waals surface area contributed by atoms with Crippen molar-refractivity contribution in [1.82, 2.24) is 15.6 Å². The van der Waals surface area contributed by atoms with Crippen molar-refractivity contribution < 1.29 is 0 Å². The van der Waals surface area contributed by atoms with Crippen molar-refractivity contribution in [3.63, 3.8) is 0 Å². The zero-order valence-corrected chi connectivity index (χ0v) is 18.4. The first kappa shape index (κ1) is 20.5. The van der Waals surface area contributed by atoms with Crippen molar-refractivity contribution in [2.75, 3.05) is 13.6 Å². The molecule has 0 radical (unpaired) electrons. The van der Waals surface area contributed by atoms with Gasteiger partial charge >= 0.3 is 0 Å². The van der Waals surface area contributed by atoms with Crippen LogP contribution in [0.3, 0.4) is 0 Å². The van der Waals surface area contributed by atoms with Crippen LogP contribution in [-0.2, 0) is 18.4 Å². The van der Waals surface area contributed by atoms with Crippen molar-refractivity contribution in [3.8, 4) is 0 Å². The summed E-state index contributed by atoms with van der Waals surface area (Å²) in [6.07, 6.45) is 3.35. The van der Waals surface area contributed by atoms with Gasteiger partial charge < -0.3 is 10.6 Å². The number of rotatable bonds is 6. The van der Waals surface area contributed by atoms with Crippen LogP contribution >= 0.6 is 46.9 Å². The van der Waals surface area contributed by atoms with E-state index in [-0.39, 0.29) is 29.4 Å². The van der Waals surface area contributed by atoms with Gasteiger partial charge in [-0.2, -0.15) is 0 Å². The van der Waals surface area contributed by atoms with Crippen molar-refractivity contribution >= 4 is 52.9 Å². The van der Waals surface area contributed by atoms with Gasteiger partial charge in [-0.1, -0.05) is 30.7 Å². The number of guanidine groups is 1. The number of benzene rings is 1. The summed E-state index contributed by atoms with van der Waals surface area (Å²) in [5, 5.41) is 10.9. The molecule has 1 aromatic carbocycles. The third-order valence-electron chi connectivity index (χ3n) is 4.45. The molecule has 1 aliphatic carbocycles. The van der Waals surface area contributed by atoms with Crippen LogP contribution in [0, 0.1) is 0 Å². The first-order valence-electron chi connectivity index (χ1n) is 8.29. The van der Waals surface area contributed by atoms with Gasteiger partial charge in [-0.3, -0.25) is 4.99 Å². The Labute approximate surface area is 175 Å². The molecule has 7 heteroatoms. The van der Waals surface area contributed by atoms with E-state index in [1.807, 2.05) is 12.1 Å². The molecule has 0 aliphatic heterocycles. The minimum atomic E-state index is 0. The third-order valence-corrected chi connectivity index (χ3v) is 5.72. The number of aryl methyl sites for hydroxylation is 1. The van der Waals surface area contributed by atoms with E-state index in [9.17, 15) is 0 Å². The lowest BCUT2D eigenvalue weighted by molar-refractivity contribution is 0.645. The highest BCUT2D eigenvalue weighted by molar-refractivity contribution is 14.0. The summed E-state index contributed by atoms with van der Waals surface area (Å²) in [4.78, 5) is 8.89. The summed E-state index contributed by atoms with van der Waals surface area (Å²) in [7, 11) is 1.80. The van der Waals surface area contributed by atoms with E-state index in [4.69, 9.17) is 11.6 Å². The zero-order valence-electron chi connectivity index (χ0n) is 14.5. The van der Waals surface area contributed by atoms with E-state index >= 15 is 0 Å². The maximum absolute atomic E-state index is 6.14. The Morgan fingerprint density at radius 3 is 2.76 bits per heavy atom. The summed E-state index contributed by atoms with van der Waals surface area (Å²) in [5.41, 5.74) is 2.57.